The van der Waals surface area contributed by atoms with E-state index in [2.05, 4.69) is 9.80 Å². The second-order valence-electron chi connectivity index (χ2n) is 5.65. The molecule has 1 heterocycles. The number of hydrogen-bond acceptors (Lipinski definition) is 4. The molecule has 1 fully saturated rings. The number of nitrogens with zero attached hydrogens (tertiary/aromatic N) is 2. The van der Waals surface area contributed by atoms with Gasteiger partial charge in [-0.25, -0.2) is 0 Å². The van der Waals surface area contributed by atoms with Gasteiger partial charge in [-0.1, -0.05) is 12.1 Å². The van der Waals surface area contributed by atoms with Gasteiger partial charge in [-0.15, -0.1) is 0 Å². The monoisotopic (exact) mass is 332 g/mol. The zero-order chi connectivity index (χ0) is 16.7. The smallest absolute Gasteiger partial charge is 0.394 e. The van der Waals surface area contributed by atoms with Crippen LogP contribution >= 0.6 is 0 Å². The van der Waals surface area contributed by atoms with Crippen molar-refractivity contribution in [3.05, 3.63) is 35.4 Å². The summed E-state index contributed by atoms with van der Waals surface area (Å²) in [6.07, 6.45) is -4.28. The van der Waals surface area contributed by atoms with E-state index in [-0.39, 0.29) is 6.61 Å². The molecule has 4 nitrogen and oxygen atoms in total. The van der Waals surface area contributed by atoms with Gasteiger partial charge in [0.25, 0.3) is 0 Å². The summed E-state index contributed by atoms with van der Waals surface area (Å²) >= 11 is 0. The molecule has 2 rings (SSSR count). The van der Waals surface area contributed by atoms with Crippen LogP contribution in [0.25, 0.3) is 0 Å². The number of alkyl halides is 3. The first-order valence-corrected chi connectivity index (χ1v) is 7.78. The van der Waals surface area contributed by atoms with Crippen LogP contribution < -0.4 is 0 Å². The van der Waals surface area contributed by atoms with Gasteiger partial charge in [0.05, 0.1) is 25.4 Å². The fourth-order valence-electron chi connectivity index (χ4n) is 2.59. The summed E-state index contributed by atoms with van der Waals surface area (Å²) < 4.78 is 42.8. The largest absolute Gasteiger partial charge is 0.416 e. The maximum atomic E-state index is 12.5. The Labute approximate surface area is 134 Å². The van der Waals surface area contributed by atoms with E-state index in [0.717, 1.165) is 50.4 Å². The van der Waals surface area contributed by atoms with Gasteiger partial charge in [-0.05, 0) is 17.7 Å². The number of hydrogen-bond donors (Lipinski definition) is 1. The van der Waals surface area contributed by atoms with E-state index in [9.17, 15) is 13.2 Å². The molecule has 1 aromatic carbocycles. The molecule has 1 aromatic rings. The van der Waals surface area contributed by atoms with Gasteiger partial charge in [0.2, 0.25) is 0 Å². The Kier molecular flexibility index (Phi) is 6.83. The zero-order valence-corrected chi connectivity index (χ0v) is 13.1. The number of piperazine rings is 1. The van der Waals surface area contributed by atoms with Crippen molar-refractivity contribution in [1.29, 1.82) is 0 Å². The van der Waals surface area contributed by atoms with Crippen LogP contribution in [0.2, 0.25) is 0 Å². The third-order valence-electron chi connectivity index (χ3n) is 3.94. The minimum Gasteiger partial charge on any atom is -0.394 e. The summed E-state index contributed by atoms with van der Waals surface area (Å²) in [6, 6.07) is 5.39. The van der Waals surface area contributed by atoms with Gasteiger partial charge in [-0.3, -0.25) is 9.80 Å². The molecule has 0 aromatic heterocycles. The van der Waals surface area contributed by atoms with Gasteiger partial charge in [0.1, 0.15) is 0 Å². The molecular formula is C16H23F3N2O2. The summed E-state index contributed by atoms with van der Waals surface area (Å²) in [7, 11) is 0. The predicted octanol–water partition coefficient (Wildman–Crippen LogP) is 1.83. The molecule has 0 radical (unpaired) electrons. The molecule has 0 spiro atoms. The van der Waals surface area contributed by atoms with Gasteiger partial charge >= 0.3 is 6.18 Å². The van der Waals surface area contributed by atoms with Crippen molar-refractivity contribution in [2.75, 3.05) is 52.5 Å². The molecule has 1 saturated heterocycles. The third kappa shape index (κ3) is 6.10. The fourth-order valence-corrected chi connectivity index (χ4v) is 2.59. The van der Waals surface area contributed by atoms with Gasteiger partial charge in [0, 0.05) is 39.3 Å². The molecule has 0 aliphatic carbocycles. The van der Waals surface area contributed by atoms with Crippen LogP contribution in [0.5, 0.6) is 0 Å². The van der Waals surface area contributed by atoms with E-state index in [1.54, 1.807) is 12.1 Å². The summed E-state index contributed by atoms with van der Waals surface area (Å²) in [4.78, 5) is 4.54. The molecule has 1 aliphatic rings. The Balaban J connectivity index is 1.72. The molecule has 7 heteroatoms. The molecular weight excluding hydrogens is 309 g/mol. The quantitative estimate of drug-likeness (QED) is 0.773. The summed E-state index contributed by atoms with van der Waals surface area (Å²) in [5.41, 5.74) is 0.298. The third-order valence-corrected chi connectivity index (χ3v) is 3.94. The van der Waals surface area contributed by atoms with Crippen molar-refractivity contribution in [2.45, 2.75) is 12.7 Å². The number of ether oxygens (including phenoxy) is 1. The highest BCUT2D eigenvalue weighted by molar-refractivity contribution is 5.24. The first kappa shape index (κ1) is 18.2. The highest BCUT2D eigenvalue weighted by Gasteiger charge is 2.30. The normalized spacial score (nSPS) is 17.6. The average Bonchev–Trinajstić information content (AvgIpc) is 2.53. The van der Waals surface area contributed by atoms with E-state index >= 15 is 0 Å². The van der Waals surface area contributed by atoms with Crippen molar-refractivity contribution in [3.63, 3.8) is 0 Å². The highest BCUT2D eigenvalue weighted by Crippen LogP contribution is 2.29. The van der Waals surface area contributed by atoms with Crippen molar-refractivity contribution < 1.29 is 23.0 Å². The first-order chi connectivity index (χ1) is 11.0. The number of benzene rings is 1. The van der Waals surface area contributed by atoms with Crippen molar-refractivity contribution in [1.82, 2.24) is 9.80 Å². The number of aliphatic hydroxyl groups excluding tert-OH is 1. The molecule has 1 aliphatic heterocycles. The topological polar surface area (TPSA) is 35.9 Å². The molecule has 0 saturated carbocycles. The van der Waals surface area contributed by atoms with Crippen LogP contribution in [0.1, 0.15) is 11.1 Å². The molecule has 0 amide bonds. The SMILES string of the molecule is OCCOCCN1CCN(Cc2ccc(C(F)(F)F)cc2)CC1. The van der Waals surface area contributed by atoms with Crippen LogP contribution in [-0.4, -0.2) is 67.5 Å². The second-order valence-corrected chi connectivity index (χ2v) is 5.65. The average molecular weight is 332 g/mol. The Morgan fingerprint density at radius 2 is 1.57 bits per heavy atom. The molecule has 0 atom stereocenters. The zero-order valence-electron chi connectivity index (χ0n) is 13.1. The van der Waals surface area contributed by atoms with E-state index in [1.807, 2.05) is 0 Å². The lowest BCUT2D eigenvalue weighted by atomic mass is 10.1. The van der Waals surface area contributed by atoms with Gasteiger partial charge in [0.15, 0.2) is 0 Å². The fraction of sp³-hybridized carbons (Fsp3) is 0.625. The van der Waals surface area contributed by atoms with Crippen molar-refractivity contribution >= 4 is 0 Å². The first-order valence-electron chi connectivity index (χ1n) is 7.78. The van der Waals surface area contributed by atoms with Crippen molar-refractivity contribution in [2.24, 2.45) is 0 Å². The van der Waals surface area contributed by atoms with Crippen LogP contribution in [0, 0.1) is 0 Å². The highest BCUT2D eigenvalue weighted by atomic mass is 19.4. The Bertz CT molecular complexity index is 457. The summed E-state index contributed by atoms with van der Waals surface area (Å²) in [5, 5.41) is 8.63. The number of halogens is 3. The Hall–Kier alpha value is -1.15. The maximum absolute atomic E-state index is 12.5. The lowest BCUT2D eigenvalue weighted by Crippen LogP contribution is -2.46. The van der Waals surface area contributed by atoms with Gasteiger partial charge < -0.3 is 9.84 Å². The Morgan fingerprint density at radius 3 is 2.13 bits per heavy atom. The standard InChI is InChI=1S/C16H23F3N2O2/c17-16(18,19)15-3-1-14(2-4-15)13-21-7-5-20(6-8-21)9-11-23-12-10-22/h1-4,22H,5-13H2. The van der Waals surface area contributed by atoms with E-state index < -0.39 is 11.7 Å². The molecule has 0 bridgehead atoms. The van der Waals surface area contributed by atoms with Crippen molar-refractivity contribution in [3.8, 4) is 0 Å². The van der Waals surface area contributed by atoms with Gasteiger partial charge in [-0.2, -0.15) is 13.2 Å². The van der Waals surface area contributed by atoms with Crippen LogP contribution in [0.3, 0.4) is 0 Å². The predicted molar refractivity (Wildman–Crippen MR) is 81.1 cm³/mol. The second kappa shape index (κ2) is 8.63. The minimum absolute atomic E-state index is 0.0426. The van der Waals surface area contributed by atoms with E-state index in [0.29, 0.717) is 19.8 Å². The lowest BCUT2D eigenvalue weighted by Gasteiger charge is -2.34. The molecule has 0 unspecified atom stereocenters. The van der Waals surface area contributed by atoms with E-state index in [4.69, 9.17) is 9.84 Å². The number of rotatable bonds is 7. The molecule has 130 valence electrons. The maximum Gasteiger partial charge on any atom is 0.416 e. The minimum atomic E-state index is -4.28. The van der Waals surface area contributed by atoms with Crippen LogP contribution in [0.15, 0.2) is 24.3 Å². The lowest BCUT2D eigenvalue weighted by molar-refractivity contribution is -0.137. The van der Waals surface area contributed by atoms with E-state index in [1.165, 1.54) is 0 Å². The summed E-state index contributed by atoms with van der Waals surface area (Å²) in [6.45, 7) is 6.16. The van der Waals surface area contributed by atoms with Crippen LogP contribution in [-0.2, 0) is 17.5 Å². The number of aliphatic hydroxyl groups is 1. The van der Waals surface area contributed by atoms with Crippen LogP contribution in [0.4, 0.5) is 13.2 Å². The molecule has 23 heavy (non-hydrogen) atoms. The summed E-state index contributed by atoms with van der Waals surface area (Å²) in [5.74, 6) is 0. The Morgan fingerprint density at radius 1 is 0.957 bits per heavy atom. The molecule has 1 N–H and O–H groups in total.